The quantitative estimate of drug-likeness (QED) is 0.672. The van der Waals surface area contributed by atoms with Crippen LogP contribution < -0.4 is 0 Å². The molecule has 0 atom stereocenters. The third-order valence-corrected chi connectivity index (χ3v) is 2.50. The van der Waals surface area contributed by atoms with Crippen LogP contribution in [0, 0.1) is 12.3 Å². The molecule has 2 aromatic carbocycles. The molecule has 0 saturated carbocycles. The van der Waals surface area contributed by atoms with Crippen LogP contribution in [0.2, 0.25) is 0 Å². The Hall–Kier alpha value is -1.88. The number of benzene rings is 2. The minimum Gasteiger partial charge on any atom is -0.192 e. The predicted octanol–water partition coefficient (Wildman–Crippen LogP) is 3.65. The molecular formula is C14H10F2. The Bertz CT molecular complexity index is 545. The van der Waals surface area contributed by atoms with Crippen molar-refractivity contribution in [1.29, 1.82) is 0 Å². The second kappa shape index (κ2) is 3.94. The Morgan fingerprint density at radius 3 is 2.50 bits per heavy atom. The van der Waals surface area contributed by atoms with E-state index in [1.54, 1.807) is 12.1 Å². The Morgan fingerprint density at radius 1 is 1.06 bits per heavy atom. The molecule has 0 N–H and O–H groups in total. The lowest BCUT2D eigenvalue weighted by Gasteiger charge is -2.11. The number of terminal acetylenes is 1. The smallest absolute Gasteiger partial charge is 0.192 e. The number of fused-ring (bicyclic) bond motifs is 1. The van der Waals surface area contributed by atoms with Gasteiger partial charge in [-0.05, 0) is 22.3 Å². The first kappa shape index (κ1) is 10.6. The highest BCUT2D eigenvalue weighted by molar-refractivity contribution is 5.85. The number of hydrogen-bond donors (Lipinski definition) is 0. The first-order valence-electron chi connectivity index (χ1n) is 4.95. The highest BCUT2D eigenvalue weighted by atomic mass is 19.3. The zero-order chi connectivity index (χ0) is 11.6. The van der Waals surface area contributed by atoms with Crippen molar-refractivity contribution in [3.8, 4) is 12.3 Å². The Kier molecular flexibility index (Phi) is 2.62. The van der Waals surface area contributed by atoms with Gasteiger partial charge in [-0.3, -0.25) is 0 Å². The van der Waals surface area contributed by atoms with Crippen molar-refractivity contribution in [2.45, 2.75) is 12.3 Å². The van der Waals surface area contributed by atoms with Gasteiger partial charge in [-0.25, -0.2) is 0 Å². The lowest BCUT2D eigenvalue weighted by Crippen LogP contribution is -2.16. The van der Waals surface area contributed by atoms with Crippen molar-refractivity contribution in [2.24, 2.45) is 0 Å². The van der Waals surface area contributed by atoms with Crippen LogP contribution in [-0.2, 0) is 6.42 Å². The average molecular weight is 216 g/mol. The SMILES string of the molecule is C#CC(F)(F)Cc1cccc2ccccc12. The molecule has 2 heteroatoms. The summed E-state index contributed by atoms with van der Waals surface area (Å²) in [5.74, 6) is -1.56. The maximum absolute atomic E-state index is 13.1. The van der Waals surface area contributed by atoms with Crippen molar-refractivity contribution in [1.82, 2.24) is 0 Å². The van der Waals surface area contributed by atoms with E-state index in [2.05, 4.69) is 0 Å². The van der Waals surface area contributed by atoms with Crippen molar-refractivity contribution >= 4 is 10.8 Å². The molecule has 0 radical (unpaired) electrons. The molecule has 0 unspecified atom stereocenters. The molecule has 2 rings (SSSR count). The van der Waals surface area contributed by atoms with Gasteiger partial charge in [0.15, 0.2) is 0 Å². The van der Waals surface area contributed by atoms with Crippen molar-refractivity contribution in [2.75, 3.05) is 0 Å². The van der Waals surface area contributed by atoms with E-state index in [4.69, 9.17) is 6.42 Å². The van der Waals surface area contributed by atoms with E-state index in [0.717, 1.165) is 10.8 Å². The van der Waals surface area contributed by atoms with Crippen LogP contribution >= 0.6 is 0 Å². The van der Waals surface area contributed by atoms with Crippen molar-refractivity contribution in [3.05, 3.63) is 48.0 Å². The lowest BCUT2D eigenvalue weighted by atomic mass is 10.00. The van der Waals surface area contributed by atoms with Gasteiger partial charge in [0.25, 0.3) is 0 Å². The molecule has 0 saturated heterocycles. The van der Waals surface area contributed by atoms with Crippen LogP contribution in [0.5, 0.6) is 0 Å². The predicted molar refractivity (Wildman–Crippen MR) is 61.4 cm³/mol. The van der Waals surface area contributed by atoms with Crippen molar-refractivity contribution in [3.63, 3.8) is 0 Å². The van der Waals surface area contributed by atoms with Gasteiger partial charge < -0.3 is 0 Å². The lowest BCUT2D eigenvalue weighted by molar-refractivity contribution is 0.0676. The van der Waals surface area contributed by atoms with Gasteiger partial charge in [0.2, 0.25) is 0 Å². The molecule has 0 bridgehead atoms. The summed E-state index contributed by atoms with van der Waals surface area (Å²) in [6.45, 7) is 0. The minimum absolute atomic E-state index is 0.412. The van der Waals surface area contributed by atoms with Gasteiger partial charge in [0.05, 0.1) is 0 Å². The van der Waals surface area contributed by atoms with E-state index in [1.165, 1.54) is 5.92 Å². The molecule has 0 amide bonds. The Labute approximate surface area is 92.9 Å². The fraction of sp³-hybridized carbons (Fsp3) is 0.143. The highest BCUT2D eigenvalue weighted by Gasteiger charge is 2.26. The fourth-order valence-corrected chi connectivity index (χ4v) is 1.74. The second-order valence-electron chi connectivity index (χ2n) is 3.66. The molecule has 0 aliphatic heterocycles. The number of hydrogen-bond acceptors (Lipinski definition) is 0. The van der Waals surface area contributed by atoms with Crippen molar-refractivity contribution < 1.29 is 8.78 Å². The first-order valence-corrected chi connectivity index (χ1v) is 4.95. The van der Waals surface area contributed by atoms with E-state index in [1.807, 2.05) is 30.3 Å². The summed E-state index contributed by atoms with van der Waals surface area (Å²) >= 11 is 0. The standard InChI is InChI=1S/C14H10F2/c1-2-14(15,16)10-12-8-5-7-11-6-3-4-9-13(11)12/h1,3-9H,10H2. The summed E-state index contributed by atoms with van der Waals surface area (Å²) in [6.07, 6.45) is 4.39. The van der Waals surface area contributed by atoms with Crippen LogP contribution in [0.15, 0.2) is 42.5 Å². The molecule has 16 heavy (non-hydrogen) atoms. The number of rotatable bonds is 2. The van der Waals surface area contributed by atoms with E-state index < -0.39 is 12.3 Å². The highest BCUT2D eigenvalue weighted by Crippen LogP contribution is 2.25. The second-order valence-corrected chi connectivity index (χ2v) is 3.66. The van der Waals surface area contributed by atoms with Crippen LogP contribution in [0.25, 0.3) is 10.8 Å². The topological polar surface area (TPSA) is 0 Å². The van der Waals surface area contributed by atoms with Crippen LogP contribution in [0.4, 0.5) is 8.78 Å². The molecule has 0 aliphatic rings. The van der Waals surface area contributed by atoms with E-state index >= 15 is 0 Å². The van der Waals surface area contributed by atoms with Gasteiger partial charge in [-0.15, -0.1) is 6.42 Å². The molecule has 80 valence electrons. The zero-order valence-corrected chi connectivity index (χ0v) is 8.58. The summed E-state index contributed by atoms with van der Waals surface area (Å²) in [7, 11) is 0. The normalized spacial score (nSPS) is 11.3. The average Bonchev–Trinajstić information content (AvgIpc) is 2.29. The first-order chi connectivity index (χ1) is 7.62. The maximum Gasteiger partial charge on any atom is 0.311 e. The maximum atomic E-state index is 13.1. The van der Waals surface area contributed by atoms with Gasteiger partial charge >= 0.3 is 5.92 Å². The molecule has 0 aliphatic carbocycles. The van der Waals surface area contributed by atoms with Crippen LogP contribution in [0.1, 0.15) is 5.56 Å². The van der Waals surface area contributed by atoms with E-state index in [9.17, 15) is 8.78 Å². The monoisotopic (exact) mass is 216 g/mol. The summed E-state index contributed by atoms with van der Waals surface area (Å²) in [5, 5.41) is 1.78. The Balaban J connectivity index is 2.50. The van der Waals surface area contributed by atoms with E-state index in [-0.39, 0.29) is 0 Å². The molecular weight excluding hydrogens is 206 g/mol. The third-order valence-electron chi connectivity index (χ3n) is 2.50. The zero-order valence-electron chi connectivity index (χ0n) is 8.58. The largest absolute Gasteiger partial charge is 0.311 e. The molecule has 0 nitrogen and oxygen atoms in total. The third kappa shape index (κ3) is 2.04. The molecule has 0 heterocycles. The van der Waals surface area contributed by atoms with Crippen LogP contribution in [0.3, 0.4) is 0 Å². The van der Waals surface area contributed by atoms with E-state index in [0.29, 0.717) is 5.56 Å². The minimum atomic E-state index is -3.08. The molecule has 2 aromatic rings. The fourth-order valence-electron chi connectivity index (χ4n) is 1.74. The summed E-state index contributed by atoms with van der Waals surface area (Å²) < 4.78 is 26.3. The molecule has 0 fully saturated rings. The van der Waals surface area contributed by atoms with Gasteiger partial charge in [0, 0.05) is 6.42 Å². The molecule has 0 aromatic heterocycles. The number of halogens is 2. The van der Waals surface area contributed by atoms with Gasteiger partial charge in [-0.1, -0.05) is 42.5 Å². The summed E-state index contributed by atoms with van der Waals surface area (Å²) in [4.78, 5) is 0. The molecule has 0 spiro atoms. The Morgan fingerprint density at radius 2 is 1.75 bits per heavy atom. The van der Waals surface area contributed by atoms with Gasteiger partial charge in [0.1, 0.15) is 0 Å². The van der Waals surface area contributed by atoms with Crippen LogP contribution in [-0.4, -0.2) is 5.92 Å². The summed E-state index contributed by atoms with van der Waals surface area (Å²) in [5.41, 5.74) is 0.584. The number of alkyl halides is 2. The van der Waals surface area contributed by atoms with Gasteiger partial charge in [-0.2, -0.15) is 8.78 Å². The summed E-state index contributed by atoms with van der Waals surface area (Å²) in [6, 6.07) is 12.8.